The van der Waals surface area contributed by atoms with Crippen LogP contribution in [0.15, 0.2) is 18.2 Å². The summed E-state index contributed by atoms with van der Waals surface area (Å²) in [4.78, 5) is 25.0. The quantitative estimate of drug-likeness (QED) is 0.768. The lowest BCUT2D eigenvalue weighted by Gasteiger charge is -2.22. The van der Waals surface area contributed by atoms with Gasteiger partial charge in [-0.2, -0.15) is 0 Å². The first-order valence-electron chi connectivity index (χ1n) is 5.88. The van der Waals surface area contributed by atoms with Crippen LogP contribution in [-0.4, -0.2) is 36.5 Å². The number of methoxy groups -OCH3 is 1. The number of benzene rings is 1. The zero-order valence-electron chi connectivity index (χ0n) is 10.4. The molecule has 1 heterocycles. The van der Waals surface area contributed by atoms with Gasteiger partial charge in [-0.05, 0) is 25.0 Å². The van der Waals surface area contributed by atoms with E-state index in [1.54, 1.807) is 0 Å². The van der Waals surface area contributed by atoms with Gasteiger partial charge < -0.3 is 9.64 Å². The van der Waals surface area contributed by atoms with Crippen LogP contribution >= 0.6 is 0 Å². The van der Waals surface area contributed by atoms with Gasteiger partial charge in [0, 0.05) is 18.2 Å². The molecule has 1 saturated heterocycles. The number of esters is 1. The fourth-order valence-corrected chi connectivity index (χ4v) is 2.23. The van der Waals surface area contributed by atoms with Gasteiger partial charge >= 0.3 is 5.97 Å². The van der Waals surface area contributed by atoms with Crippen LogP contribution < -0.4 is 0 Å². The topological polar surface area (TPSA) is 46.6 Å². The predicted molar refractivity (Wildman–Crippen MR) is 62.4 cm³/mol. The lowest BCUT2D eigenvalue weighted by Crippen LogP contribution is -2.41. The molecule has 0 spiro atoms. The molecule has 4 nitrogen and oxygen atoms in total. The molecule has 102 valence electrons. The third kappa shape index (κ3) is 2.72. The summed E-state index contributed by atoms with van der Waals surface area (Å²) in [7, 11) is 1.24. The molecule has 6 heteroatoms. The molecule has 0 bridgehead atoms. The number of carbonyl (C=O) groups is 2. The van der Waals surface area contributed by atoms with Gasteiger partial charge in [0.05, 0.1) is 7.11 Å². The number of halogens is 2. The van der Waals surface area contributed by atoms with E-state index in [1.165, 1.54) is 12.0 Å². The maximum atomic E-state index is 13.1. The summed E-state index contributed by atoms with van der Waals surface area (Å²) in [6.07, 6.45) is 1.15. The Labute approximate surface area is 109 Å². The lowest BCUT2D eigenvalue weighted by atomic mass is 10.1. The van der Waals surface area contributed by atoms with E-state index in [-0.39, 0.29) is 5.56 Å². The average molecular weight is 269 g/mol. The first kappa shape index (κ1) is 13.5. The standard InChI is InChI=1S/C13H13F2NO3/c1-19-13(18)11-3-2-4-16(11)12(17)8-5-9(14)7-10(15)6-8/h5-7,11H,2-4H2,1H3. The summed E-state index contributed by atoms with van der Waals surface area (Å²) in [6, 6.07) is 1.93. The summed E-state index contributed by atoms with van der Waals surface area (Å²) in [6.45, 7) is 0.372. The van der Waals surface area contributed by atoms with E-state index in [0.717, 1.165) is 12.1 Å². The second kappa shape index (κ2) is 5.34. The molecule has 1 unspecified atom stereocenters. The highest BCUT2D eigenvalue weighted by Gasteiger charge is 2.35. The maximum absolute atomic E-state index is 13.1. The molecular weight excluding hydrogens is 256 g/mol. The summed E-state index contributed by atoms with van der Waals surface area (Å²) in [5, 5.41) is 0. The number of likely N-dealkylation sites (tertiary alicyclic amines) is 1. The van der Waals surface area contributed by atoms with Crippen molar-refractivity contribution in [2.24, 2.45) is 0 Å². The first-order valence-corrected chi connectivity index (χ1v) is 5.88. The Morgan fingerprint density at radius 3 is 2.47 bits per heavy atom. The average Bonchev–Trinajstić information content (AvgIpc) is 2.84. The van der Waals surface area contributed by atoms with E-state index in [9.17, 15) is 18.4 Å². The van der Waals surface area contributed by atoms with Crippen molar-refractivity contribution in [3.05, 3.63) is 35.4 Å². The smallest absolute Gasteiger partial charge is 0.328 e. The SMILES string of the molecule is COC(=O)C1CCCN1C(=O)c1cc(F)cc(F)c1. The van der Waals surface area contributed by atoms with Gasteiger partial charge in [0.15, 0.2) is 0 Å². The van der Waals surface area contributed by atoms with E-state index in [2.05, 4.69) is 4.74 Å². The highest BCUT2D eigenvalue weighted by atomic mass is 19.1. The molecule has 0 saturated carbocycles. The van der Waals surface area contributed by atoms with Crippen molar-refractivity contribution in [2.75, 3.05) is 13.7 Å². The van der Waals surface area contributed by atoms with E-state index in [1.807, 2.05) is 0 Å². The van der Waals surface area contributed by atoms with E-state index in [4.69, 9.17) is 0 Å². The molecule has 2 rings (SSSR count). The normalized spacial score (nSPS) is 18.5. The van der Waals surface area contributed by atoms with Crippen molar-refractivity contribution in [1.29, 1.82) is 0 Å². The number of amides is 1. The fraction of sp³-hybridized carbons (Fsp3) is 0.385. The highest BCUT2D eigenvalue weighted by Crippen LogP contribution is 2.21. The summed E-state index contributed by atoms with van der Waals surface area (Å²) < 4.78 is 30.8. The van der Waals surface area contributed by atoms with Gasteiger partial charge in [-0.1, -0.05) is 0 Å². The Hall–Kier alpha value is -1.98. The Balaban J connectivity index is 2.25. The third-order valence-electron chi connectivity index (χ3n) is 3.10. The van der Waals surface area contributed by atoms with Gasteiger partial charge in [0.1, 0.15) is 17.7 Å². The molecule has 1 fully saturated rings. The second-order valence-electron chi connectivity index (χ2n) is 4.34. The van der Waals surface area contributed by atoms with Crippen molar-refractivity contribution in [2.45, 2.75) is 18.9 Å². The Kier molecular flexibility index (Phi) is 3.78. The number of rotatable bonds is 2. The van der Waals surface area contributed by atoms with Crippen LogP contribution in [0.5, 0.6) is 0 Å². The van der Waals surface area contributed by atoms with Gasteiger partial charge in [-0.15, -0.1) is 0 Å². The molecule has 0 aromatic heterocycles. The summed E-state index contributed by atoms with van der Waals surface area (Å²) in [5.74, 6) is -2.72. The van der Waals surface area contributed by atoms with Crippen LogP contribution in [0.25, 0.3) is 0 Å². The Morgan fingerprint density at radius 2 is 1.89 bits per heavy atom. The Morgan fingerprint density at radius 1 is 1.26 bits per heavy atom. The molecule has 1 aromatic carbocycles. The van der Waals surface area contributed by atoms with Crippen LogP contribution in [0.4, 0.5) is 8.78 Å². The molecular formula is C13H13F2NO3. The highest BCUT2D eigenvalue weighted by molar-refractivity contribution is 5.97. The number of hydrogen-bond acceptors (Lipinski definition) is 3. The van der Waals surface area contributed by atoms with Gasteiger partial charge in [0.25, 0.3) is 5.91 Å². The molecule has 0 N–H and O–H groups in total. The molecule has 19 heavy (non-hydrogen) atoms. The monoisotopic (exact) mass is 269 g/mol. The molecule has 1 amide bonds. The predicted octanol–water partition coefficient (Wildman–Crippen LogP) is 1.74. The molecule has 1 atom stereocenters. The first-order chi connectivity index (χ1) is 9.02. The number of hydrogen-bond donors (Lipinski definition) is 0. The van der Waals surface area contributed by atoms with Crippen LogP contribution in [-0.2, 0) is 9.53 Å². The van der Waals surface area contributed by atoms with Crippen molar-refractivity contribution < 1.29 is 23.1 Å². The molecule has 0 aliphatic carbocycles. The Bertz CT molecular complexity index is 498. The van der Waals surface area contributed by atoms with Gasteiger partial charge in [-0.3, -0.25) is 4.79 Å². The maximum Gasteiger partial charge on any atom is 0.328 e. The minimum absolute atomic E-state index is 0.103. The van der Waals surface area contributed by atoms with Gasteiger partial charge in [-0.25, -0.2) is 13.6 Å². The van der Waals surface area contributed by atoms with Crippen molar-refractivity contribution in [1.82, 2.24) is 4.90 Å². The largest absolute Gasteiger partial charge is 0.467 e. The van der Waals surface area contributed by atoms with Crippen LogP contribution in [0.2, 0.25) is 0 Å². The summed E-state index contributed by atoms with van der Waals surface area (Å²) in [5.41, 5.74) is -0.103. The van der Waals surface area contributed by atoms with Crippen molar-refractivity contribution in [3.8, 4) is 0 Å². The lowest BCUT2D eigenvalue weighted by molar-refractivity contribution is -0.145. The number of carbonyl (C=O) groups excluding carboxylic acids is 2. The molecule has 1 aromatic rings. The van der Waals surface area contributed by atoms with Gasteiger partial charge in [0.2, 0.25) is 0 Å². The number of ether oxygens (including phenoxy) is 1. The third-order valence-corrected chi connectivity index (χ3v) is 3.10. The molecule has 0 radical (unpaired) electrons. The van der Waals surface area contributed by atoms with E-state index >= 15 is 0 Å². The zero-order valence-corrected chi connectivity index (χ0v) is 10.4. The van der Waals surface area contributed by atoms with Crippen molar-refractivity contribution in [3.63, 3.8) is 0 Å². The number of nitrogens with zero attached hydrogens (tertiary/aromatic N) is 1. The second-order valence-corrected chi connectivity index (χ2v) is 4.34. The van der Waals surface area contributed by atoms with Crippen LogP contribution in [0, 0.1) is 11.6 Å². The zero-order chi connectivity index (χ0) is 14.0. The summed E-state index contributed by atoms with van der Waals surface area (Å²) >= 11 is 0. The van der Waals surface area contributed by atoms with E-state index < -0.39 is 29.6 Å². The molecule has 1 aliphatic heterocycles. The van der Waals surface area contributed by atoms with Crippen LogP contribution in [0.1, 0.15) is 23.2 Å². The van der Waals surface area contributed by atoms with Crippen molar-refractivity contribution >= 4 is 11.9 Å². The fourth-order valence-electron chi connectivity index (χ4n) is 2.23. The van der Waals surface area contributed by atoms with Crippen LogP contribution in [0.3, 0.4) is 0 Å². The molecule has 1 aliphatic rings. The van der Waals surface area contributed by atoms with E-state index in [0.29, 0.717) is 25.5 Å². The minimum Gasteiger partial charge on any atom is -0.467 e. The minimum atomic E-state index is -0.822.